The van der Waals surface area contributed by atoms with Crippen molar-refractivity contribution in [1.29, 1.82) is 0 Å². The molecule has 3 N–H and O–H groups in total. The minimum atomic E-state index is -0.462. The number of aromatic amines is 2. The Labute approximate surface area is 153 Å². The fourth-order valence-electron chi connectivity index (χ4n) is 3.21. The van der Waals surface area contributed by atoms with Crippen LogP contribution in [0.3, 0.4) is 0 Å². The molecule has 0 aliphatic heterocycles. The van der Waals surface area contributed by atoms with E-state index in [2.05, 4.69) is 15.3 Å². The van der Waals surface area contributed by atoms with Gasteiger partial charge in [-0.3, -0.25) is 14.2 Å². The average Bonchev–Trinajstić information content (AvgIpc) is 3.14. The molecule has 0 bridgehead atoms. The first-order valence-corrected chi connectivity index (χ1v) is 8.71. The summed E-state index contributed by atoms with van der Waals surface area (Å²) in [6, 6.07) is 14.4. The highest BCUT2D eigenvalue weighted by atomic mass is 16.2. The number of para-hydroxylation sites is 1. The Morgan fingerprint density at radius 2 is 1.78 bits per heavy atom. The van der Waals surface area contributed by atoms with Crippen molar-refractivity contribution in [2.45, 2.75) is 19.4 Å². The molecular weight excluding hydrogens is 344 g/mol. The van der Waals surface area contributed by atoms with Crippen molar-refractivity contribution < 1.29 is 4.79 Å². The summed E-state index contributed by atoms with van der Waals surface area (Å²) in [5, 5.41) is 4.28. The van der Waals surface area contributed by atoms with Gasteiger partial charge in [0.15, 0.2) is 0 Å². The van der Waals surface area contributed by atoms with Crippen LogP contribution < -0.4 is 16.6 Å². The van der Waals surface area contributed by atoms with Gasteiger partial charge in [-0.15, -0.1) is 0 Å². The largest absolute Gasteiger partial charge is 0.361 e. The lowest BCUT2D eigenvalue weighted by Gasteiger charge is -2.08. The minimum absolute atomic E-state index is 0.158. The van der Waals surface area contributed by atoms with Gasteiger partial charge in [-0.05, 0) is 36.8 Å². The van der Waals surface area contributed by atoms with Gasteiger partial charge in [0, 0.05) is 30.1 Å². The second kappa shape index (κ2) is 6.95. The van der Waals surface area contributed by atoms with Crippen LogP contribution in [0.2, 0.25) is 0 Å². The highest BCUT2D eigenvalue weighted by Gasteiger charge is 2.09. The Balaban J connectivity index is 1.45. The summed E-state index contributed by atoms with van der Waals surface area (Å²) in [5.41, 5.74) is 1.39. The lowest BCUT2D eigenvalue weighted by atomic mass is 10.2. The maximum atomic E-state index is 12.5. The number of fused-ring (bicyclic) bond motifs is 2. The molecule has 7 heteroatoms. The highest BCUT2D eigenvalue weighted by Crippen LogP contribution is 2.22. The highest BCUT2D eigenvalue weighted by molar-refractivity contribution is 6.01. The van der Waals surface area contributed by atoms with Crippen LogP contribution in [0.25, 0.3) is 21.8 Å². The van der Waals surface area contributed by atoms with E-state index in [4.69, 9.17) is 0 Å². The predicted octanol–water partition coefficient (Wildman–Crippen LogP) is 2.59. The van der Waals surface area contributed by atoms with Crippen LogP contribution in [0.4, 0.5) is 5.69 Å². The third kappa shape index (κ3) is 3.27. The van der Waals surface area contributed by atoms with Crippen molar-refractivity contribution >= 4 is 33.4 Å². The van der Waals surface area contributed by atoms with Gasteiger partial charge in [0.2, 0.25) is 5.91 Å². The first kappa shape index (κ1) is 16.8. The summed E-state index contributed by atoms with van der Waals surface area (Å²) >= 11 is 0. The van der Waals surface area contributed by atoms with Crippen LogP contribution in [0, 0.1) is 0 Å². The molecule has 0 atom stereocenters. The normalized spacial score (nSPS) is 11.1. The molecule has 0 aliphatic carbocycles. The van der Waals surface area contributed by atoms with Gasteiger partial charge in [0.05, 0.1) is 16.6 Å². The van der Waals surface area contributed by atoms with Crippen LogP contribution in [0.1, 0.15) is 12.8 Å². The Kier molecular flexibility index (Phi) is 4.33. The number of H-pyrrole nitrogens is 2. The van der Waals surface area contributed by atoms with E-state index < -0.39 is 5.69 Å². The van der Waals surface area contributed by atoms with E-state index in [-0.39, 0.29) is 24.4 Å². The zero-order valence-corrected chi connectivity index (χ0v) is 14.5. The third-order valence-electron chi connectivity index (χ3n) is 4.54. The second-order valence-corrected chi connectivity index (χ2v) is 6.33. The van der Waals surface area contributed by atoms with Gasteiger partial charge in [-0.2, -0.15) is 0 Å². The third-order valence-corrected chi connectivity index (χ3v) is 4.54. The monoisotopic (exact) mass is 362 g/mol. The zero-order valence-electron chi connectivity index (χ0n) is 14.5. The van der Waals surface area contributed by atoms with E-state index in [9.17, 15) is 14.4 Å². The minimum Gasteiger partial charge on any atom is -0.361 e. The van der Waals surface area contributed by atoms with Crippen LogP contribution in [0.15, 0.2) is 64.3 Å². The maximum absolute atomic E-state index is 12.5. The molecule has 0 unspecified atom stereocenters. The maximum Gasteiger partial charge on any atom is 0.328 e. The van der Waals surface area contributed by atoms with Gasteiger partial charge in [-0.25, -0.2) is 4.79 Å². The Morgan fingerprint density at radius 1 is 0.963 bits per heavy atom. The topological polar surface area (TPSA) is 99.8 Å². The number of nitrogens with one attached hydrogen (secondary N) is 3. The smallest absolute Gasteiger partial charge is 0.328 e. The summed E-state index contributed by atoms with van der Waals surface area (Å²) in [6.07, 6.45) is 2.41. The average molecular weight is 362 g/mol. The Hall–Kier alpha value is -3.61. The second-order valence-electron chi connectivity index (χ2n) is 6.33. The SMILES string of the molecule is O=C(CCCn1c(=O)[nH]c2ccccc2c1=O)Nc1cccc2[nH]ccc12. The number of aromatic nitrogens is 3. The van der Waals surface area contributed by atoms with Gasteiger partial charge in [0.1, 0.15) is 0 Å². The quantitative estimate of drug-likeness (QED) is 0.509. The zero-order chi connectivity index (χ0) is 18.8. The molecule has 2 aromatic carbocycles. The molecule has 0 spiro atoms. The van der Waals surface area contributed by atoms with E-state index >= 15 is 0 Å². The molecule has 2 heterocycles. The molecule has 7 nitrogen and oxygen atoms in total. The molecule has 4 aromatic rings. The Morgan fingerprint density at radius 3 is 2.67 bits per heavy atom. The molecule has 0 fully saturated rings. The molecule has 136 valence electrons. The molecule has 0 radical (unpaired) electrons. The number of benzene rings is 2. The molecular formula is C20H18N4O3. The first-order chi connectivity index (χ1) is 13.1. The molecule has 0 saturated carbocycles. The number of hydrogen-bond acceptors (Lipinski definition) is 3. The number of nitrogens with zero attached hydrogens (tertiary/aromatic N) is 1. The van der Waals surface area contributed by atoms with Gasteiger partial charge in [-0.1, -0.05) is 18.2 Å². The van der Waals surface area contributed by atoms with Crippen LogP contribution in [-0.4, -0.2) is 20.4 Å². The molecule has 0 saturated heterocycles. The molecule has 4 rings (SSSR count). The van der Waals surface area contributed by atoms with E-state index in [1.165, 1.54) is 0 Å². The van der Waals surface area contributed by atoms with Crippen LogP contribution >= 0.6 is 0 Å². The summed E-state index contributed by atoms with van der Waals surface area (Å²) < 4.78 is 1.14. The number of hydrogen-bond donors (Lipinski definition) is 3. The van der Waals surface area contributed by atoms with E-state index in [1.807, 2.05) is 30.5 Å². The number of anilines is 1. The predicted molar refractivity (Wildman–Crippen MR) is 105 cm³/mol. The first-order valence-electron chi connectivity index (χ1n) is 8.71. The van der Waals surface area contributed by atoms with E-state index in [0.29, 0.717) is 17.3 Å². The van der Waals surface area contributed by atoms with Gasteiger partial charge >= 0.3 is 5.69 Å². The molecule has 2 aromatic heterocycles. The number of rotatable bonds is 5. The number of carbonyl (C=O) groups excluding carboxylic acids is 1. The van der Waals surface area contributed by atoms with Crippen molar-refractivity contribution in [3.8, 4) is 0 Å². The fourth-order valence-corrected chi connectivity index (χ4v) is 3.21. The van der Waals surface area contributed by atoms with Crippen molar-refractivity contribution in [1.82, 2.24) is 14.5 Å². The summed E-state index contributed by atoms with van der Waals surface area (Å²) in [5.74, 6) is -0.158. The van der Waals surface area contributed by atoms with Gasteiger partial charge < -0.3 is 15.3 Å². The van der Waals surface area contributed by atoms with Crippen LogP contribution in [-0.2, 0) is 11.3 Å². The van der Waals surface area contributed by atoms with E-state index in [1.54, 1.807) is 24.3 Å². The van der Waals surface area contributed by atoms with Crippen molar-refractivity contribution in [2.75, 3.05) is 5.32 Å². The summed E-state index contributed by atoms with van der Waals surface area (Å²) in [6.45, 7) is 0.181. The number of carbonyl (C=O) groups is 1. The molecule has 27 heavy (non-hydrogen) atoms. The lowest BCUT2D eigenvalue weighted by Crippen LogP contribution is -2.35. The van der Waals surface area contributed by atoms with Crippen molar-refractivity contribution in [3.63, 3.8) is 0 Å². The molecule has 1 amide bonds. The Bertz CT molecular complexity index is 1250. The molecule has 0 aliphatic rings. The van der Waals surface area contributed by atoms with Crippen molar-refractivity contribution in [3.05, 3.63) is 75.6 Å². The lowest BCUT2D eigenvalue weighted by molar-refractivity contribution is -0.116. The standard InChI is InChI=1S/C20H18N4O3/c25-18(22-16-8-3-7-15-13(16)10-11-21-15)9-4-12-24-19(26)14-5-1-2-6-17(14)23-20(24)27/h1-3,5-8,10-11,21H,4,9,12H2,(H,22,25)(H,23,27). The summed E-state index contributed by atoms with van der Waals surface area (Å²) in [7, 11) is 0. The van der Waals surface area contributed by atoms with E-state index in [0.717, 1.165) is 21.2 Å². The van der Waals surface area contributed by atoms with Crippen LogP contribution in [0.5, 0.6) is 0 Å². The summed E-state index contributed by atoms with van der Waals surface area (Å²) in [4.78, 5) is 42.7. The fraction of sp³-hybridized carbons (Fsp3) is 0.150. The van der Waals surface area contributed by atoms with Crippen molar-refractivity contribution in [2.24, 2.45) is 0 Å². The van der Waals surface area contributed by atoms with Gasteiger partial charge in [0.25, 0.3) is 5.56 Å². The number of amides is 1.